The normalized spacial score (nSPS) is 9.88. The molecule has 0 rings (SSSR count). The molecule has 0 radical (unpaired) electrons. The SMILES string of the molecule is CNCCCNCC#CCNCCCNC. The topological polar surface area (TPSA) is 48.1 Å². The average molecular weight is 226 g/mol. The molecular formula is C12H26N4. The minimum atomic E-state index is 0.794. The number of hydrogen-bond donors (Lipinski definition) is 4. The fraction of sp³-hybridized carbons (Fsp3) is 0.833. The molecule has 0 aromatic carbocycles. The summed E-state index contributed by atoms with van der Waals surface area (Å²) in [6.07, 6.45) is 2.31. The highest BCUT2D eigenvalue weighted by atomic mass is 14.9. The Bertz CT molecular complexity index is 165. The molecular weight excluding hydrogens is 200 g/mol. The zero-order chi connectivity index (χ0) is 11.9. The fourth-order valence-corrected chi connectivity index (χ4v) is 1.21. The molecule has 0 aromatic heterocycles. The zero-order valence-electron chi connectivity index (χ0n) is 10.7. The molecule has 0 aliphatic heterocycles. The lowest BCUT2D eigenvalue weighted by Gasteiger charge is -2.00. The van der Waals surface area contributed by atoms with Gasteiger partial charge in [0.15, 0.2) is 0 Å². The molecule has 0 saturated carbocycles. The standard InChI is InChI=1S/C12H26N4/c1-13-7-5-11-15-9-3-4-10-16-12-6-8-14-2/h13-16H,5-12H2,1-2H3. The lowest BCUT2D eigenvalue weighted by molar-refractivity contribution is 0.656. The van der Waals surface area contributed by atoms with Gasteiger partial charge in [-0.05, 0) is 53.1 Å². The van der Waals surface area contributed by atoms with Crippen LogP contribution in [0.3, 0.4) is 0 Å². The highest BCUT2D eigenvalue weighted by molar-refractivity contribution is 5.02. The Morgan fingerprint density at radius 1 is 0.688 bits per heavy atom. The quantitative estimate of drug-likeness (QED) is 0.296. The zero-order valence-corrected chi connectivity index (χ0v) is 10.7. The second-order valence-electron chi connectivity index (χ2n) is 3.62. The lowest BCUT2D eigenvalue weighted by Crippen LogP contribution is -2.21. The van der Waals surface area contributed by atoms with E-state index in [2.05, 4.69) is 33.1 Å². The van der Waals surface area contributed by atoms with Crippen molar-refractivity contribution in [1.82, 2.24) is 21.3 Å². The van der Waals surface area contributed by atoms with E-state index in [9.17, 15) is 0 Å². The second kappa shape index (κ2) is 14.4. The molecule has 4 N–H and O–H groups in total. The summed E-state index contributed by atoms with van der Waals surface area (Å²) in [6, 6.07) is 0. The van der Waals surface area contributed by atoms with Crippen LogP contribution in [0, 0.1) is 11.8 Å². The van der Waals surface area contributed by atoms with Gasteiger partial charge in [-0.25, -0.2) is 0 Å². The third kappa shape index (κ3) is 13.4. The molecule has 94 valence electrons. The van der Waals surface area contributed by atoms with Gasteiger partial charge in [-0.3, -0.25) is 0 Å². The largest absolute Gasteiger partial charge is 0.320 e. The van der Waals surface area contributed by atoms with Crippen LogP contribution in [0.25, 0.3) is 0 Å². The lowest BCUT2D eigenvalue weighted by atomic mass is 10.4. The van der Waals surface area contributed by atoms with Crippen molar-refractivity contribution in [3.05, 3.63) is 0 Å². The second-order valence-corrected chi connectivity index (χ2v) is 3.62. The van der Waals surface area contributed by atoms with E-state index >= 15 is 0 Å². The van der Waals surface area contributed by atoms with Crippen LogP contribution < -0.4 is 21.3 Å². The van der Waals surface area contributed by atoms with Crippen molar-refractivity contribution in [2.45, 2.75) is 12.8 Å². The molecule has 0 heterocycles. The first-order valence-electron chi connectivity index (χ1n) is 6.08. The van der Waals surface area contributed by atoms with Gasteiger partial charge in [0.2, 0.25) is 0 Å². The molecule has 0 aliphatic carbocycles. The molecule has 0 saturated heterocycles. The van der Waals surface area contributed by atoms with Crippen molar-refractivity contribution >= 4 is 0 Å². The summed E-state index contributed by atoms with van der Waals surface area (Å²) < 4.78 is 0. The van der Waals surface area contributed by atoms with Gasteiger partial charge in [0.25, 0.3) is 0 Å². The van der Waals surface area contributed by atoms with Gasteiger partial charge in [-0.1, -0.05) is 11.8 Å². The molecule has 0 aliphatic rings. The van der Waals surface area contributed by atoms with Crippen LogP contribution in [0.1, 0.15) is 12.8 Å². The Morgan fingerprint density at radius 3 is 1.50 bits per heavy atom. The first-order valence-corrected chi connectivity index (χ1v) is 6.08. The third-order valence-electron chi connectivity index (χ3n) is 2.11. The Labute approximate surface area is 100.0 Å². The first kappa shape index (κ1) is 15.4. The Hall–Kier alpha value is -0.600. The molecule has 4 heteroatoms. The van der Waals surface area contributed by atoms with E-state index in [1.807, 2.05) is 14.1 Å². The predicted octanol–water partition coefficient (Wildman–Crippen LogP) is -0.612. The van der Waals surface area contributed by atoms with Crippen molar-refractivity contribution in [2.24, 2.45) is 0 Å². The van der Waals surface area contributed by atoms with Crippen molar-refractivity contribution in [1.29, 1.82) is 0 Å². The van der Waals surface area contributed by atoms with Crippen LogP contribution in [-0.4, -0.2) is 53.4 Å². The Morgan fingerprint density at radius 2 is 1.12 bits per heavy atom. The van der Waals surface area contributed by atoms with Crippen LogP contribution in [0.5, 0.6) is 0 Å². The molecule has 0 atom stereocenters. The highest BCUT2D eigenvalue weighted by Crippen LogP contribution is 1.71. The summed E-state index contributed by atoms with van der Waals surface area (Å²) in [5.74, 6) is 6.19. The van der Waals surface area contributed by atoms with Crippen LogP contribution in [-0.2, 0) is 0 Å². The highest BCUT2D eigenvalue weighted by Gasteiger charge is 1.84. The van der Waals surface area contributed by atoms with Gasteiger partial charge in [-0.2, -0.15) is 0 Å². The molecule has 0 amide bonds. The van der Waals surface area contributed by atoms with Crippen molar-refractivity contribution in [3.8, 4) is 11.8 Å². The van der Waals surface area contributed by atoms with Gasteiger partial charge in [0, 0.05) is 0 Å². The monoisotopic (exact) mass is 226 g/mol. The van der Waals surface area contributed by atoms with E-state index in [4.69, 9.17) is 0 Å². The van der Waals surface area contributed by atoms with Gasteiger partial charge in [-0.15, -0.1) is 0 Å². The Balaban J connectivity index is 3.04. The van der Waals surface area contributed by atoms with Crippen LogP contribution in [0.2, 0.25) is 0 Å². The van der Waals surface area contributed by atoms with E-state index in [0.29, 0.717) is 0 Å². The average Bonchev–Trinajstić information content (AvgIpc) is 2.31. The molecule has 0 spiro atoms. The summed E-state index contributed by atoms with van der Waals surface area (Å²) in [6.45, 7) is 5.78. The maximum atomic E-state index is 3.28. The van der Waals surface area contributed by atoms with Crippen molar-refractivity contribution in [3.63, 3.8) is 0 Å². The first-order chi connectivity index (χ1) is 7.91. The molecule has 0 aromatic rings. The summed E-state index contributed by atoms with van der Waals surface area (Å²) >= 11 is 0. The smallest absolute Gasteiger partial charge is 0.0577 e. The van der Waals surface area contributed by atoms with Crippen molar-refractivity contribution < 1.29 is 0 Å². The van der Waals surface area contributed by atoms with Gasteiger partial charge in [0.1, 0.15) is 0 Å². The van der Waals surface area contributed by atoms with Crippen LogP contribution in [0.4, 0.5) is 0 Å². The minimum Gasteiger partial charge on any atom is -0.320 e. The van der Waals surface area contributed by atoms with E-state index < -0.39 is 0 Å². The van der Waals surface area contributed by atoms with Gasteiger partial charge < -0.3 is 21.3 Å². The Kier molecular flexibility index (Phi) is 13.9. The summed E-state index contributed by atoms with van der Waals surface area (Å²) in [4.78, 5) is 0. The third-order valence-corrected chi connectivity index (χ3v) is 2.11. The molecule has 0 bridgehead atoms. The summed E-state index contributed by atoms with van der Waals surface area (Å²) in [7, 11) is 3.94. The fourth-order valence-electron chi connectivity index (χ4n) is 1.21. The minimum absolute atomic E-state index is 0.794. The van der Waals surface area contributed by atoms with E-state index in [0.717, 1.165) is 52.1 Å². The maximum absolute atomic E-state index is 3.28. The van der Waals surface area contributed by atoms with E-state index in [1.165, 1.54) is 0 Å². The molecule has 0 fully saturated rings. The summed E-state index contributed by atoms with van der Waals surface area (Å²) in [5.41, 5.74) is 0. The number of hydrogen-bond acceptors (Lipinski definition) is 4. The number of nitrogens with one attached hydrogen (secondary N) is 4. The summed E-state index contributed by atoms with van der Waals surface area (Å²) in [5, 5.41) is 12.8. The molecule has 0 unspecified atom stereocenters. The number of rotatable bonds is 10. The van der Waals surface area contributed by atoms with Crippen LogP contribution >= 0.6 is 0 Å². The maximum Gasteiger partial charge on any atom is 0.0577 e. The van der Waals surface area contributed by atoms with Gasteiger partial charge >= 0.3 is 0 Å². The predicted molar refractivity (Wildman–Crippen MR) is 70.6 cm³/mol. The van der Waals surface area contributed by atoms with Crippen molar-refractivity contribution in [2.75, 3.05) is 53.4 Å². The van der Waals surface area contributed by atoms with E-state index in [1.54, 1.807) is 0 Å². The van der Waals surface area contributed by atoms with Crippen LogP contribution in [0.15, 0.2) is 0 Å². The molecule has 4 nitrogen and oxygen atoms in total. The van der Waals surface area contributed by atoms with E-state index in [-0.39, 0.29) is 0 Å². The van der Waals surface area contributed by atoms with Gasteiger partial charge in [0.05, 0.1) is 13.1 Å². The molecule has 16 heavy (non-hydrogen) atoms.